The average molecular weight is 221 g/mol. The number of hydrogen-bond acceptors (Lipinski definition) is 3. The lowest BCUT2D eigenvalue weighted by molar-refractivity contribution is -0.114. The number of ether oxygens (including phenoxy) is 1. The summed E-state index contributed by atoms with van der Waals surface area (Å²) in [7, 11) is 1.47. The van der Waals surface area contributed by atoms with Crippen LogP contribution in [0, 0.1) is 13.8 Å². The number of aldehydes is 1. The minimum atomic E-state index is -0.191. The van der Waals surface area contributed by atoms with Crippen LogP contribution < -0.4 is 10.1 Å². The summed E-state index contributed by atoms with van der Waals surface area (Å²) in [6.45, 7) is 5.17. The molecule has 0 saturated heterocycles. The standard InChI is InChI=1S/C12H15NO3/c1-7-5-10(6-14)12(16-4)11(8(7)2)13-9(3)15/h5-6H,1-4H3,(H,13,15). The molecule has 1 aromatic rings. The SMILES string of the molecule is COc1c(C=O)cc(C)c(C)c1NC(C)=O. The molecule has 4 heteroatoms. The molecule has 1 N–H and O–H groups in total. The van der Waals surface area contributed by atoms with Crippen molar-refractivity contribution in [3.8, 4) is 5.75 Å². The molecule has 0 heterocycles. The van der Waals surface area contributed by atoms with Crippen LogP contribution in [0.5, 0.6) is 5.75 Å². The van der Waals surface area contributed by atoms with Gasteiger partial charge in [-0.2, -0.15) is 0 Å². The topological polar surface area (TPSA) is 55.4 Å². The van der Waals surface area contributed by atoms with Gasteiger partial charge in [0.2, 0.25) is 5.91 Å². The van der Waals surface area contributed by atoms with Crippen molar-refractivity contribution in [2.24, 2.45) is 0 Å². The van der Waals surface area contributed by atoms with E-state index in [1.807, 2.05) is 13.8 Å². The summed E-state index contributed by atoms with van der Waals surface area (Å²) in [5.41, 5.74) is 2.84. The van der Waals surface area contributed by atoms with Gasteiger partial charge in [-0.3, -0.25) is 9.59 Å². The van der Waals surface area contributed by atoms with Crippen molar-refractivity contribution in [1.29, 1.82) is 0 Å². The second kappa shape index (κ2) is 4.79. The summed E-state index contributed by atoms with van der Waals surface area (Å²) in [4.78, 5) is 22.0. The monoisotopic (exact) mass is 221 g/mol. The quantitative estimate of drug-likeness (QED) is 0.795. The molecule has 0 fully saturated rings. The van der Waals surface area contributed by atoms with Gasteiger partial charge in [-0.15, -0.1) is 0 Å². The van der Waals surface area contributed by atoms with Crippen LogP contribution in [0.1, 0.15) is 28.4 Å². The van der Waals surface area contributed by atoms with Crippen molar-refractivity contribution in [2.45, 2.75) is 20.8 Å². The maximum absolute atomic E-state index is 11.1. The Morgan fingerprint density at radius 3 is 2.50 bits per heavy atom. The van der Waals surface area contributed by atoms with Crippen LogP contribution in [-0.2, 0) is 4.79 Å². The molecule has 0 unspecified atom stereocenters. The molecule has 0 saturated carbocycles. The van der Waals surface area contributed by atoms with Gasteiger partial charge in [0, 0.05) is 6.92 Å². The molecule has 0 atom stereocenters. The van der Waals surface area contributed by atoms with Crippen LogP contribution in [0.4, 0.5) is 5.69 Å². The molecule has 0 radical (unpaired) electrons. The third-order valence-electron chi connectivity index (χ3n) is 2.46. The van der Waals surface area contributed by atoms with E-state index in [2.05, 4.69) is 5.32 Å². The largest absolute Gasteiger partial charge is 0.494 e. The summed E-state index contributed by atoms with van der Waals surface area (Å²) >= 11 is 0. The van der Waals surface area contributed by atoms with E-state index in [0.29, 0.717) is 17.0 Å². The van der Waals surface area contributed by atoms with Crippen LogP contribution in [-0.4, -0.2) is 19.3 Å². The minimum absolute atomic E-state index is 0.191. The molecule has 0 aliphatic rings. The molecule has 0 aliphatic heterocycles. The summed E-state index contributed by atoms with van der Waals surface area (Å²) < 4.78 is 5.16. The van der Waals surface area contributed by atoms with Gasteiger partial charge >= 0.3 is 0 Å². The van der Waals surface area contributed by atoms with Gasteiger partial charge in [-0.05, 0) is 31.0 Å². The first-order valence-electron chi connectivity index (χ1n) is 4.92. The average Bonchev–Trinajstić information content (AvgIpc) is 2.23. The number of carbonyl (C=O) groups is 2. The fraction of sp³-hybridized carbons (Fsp3) is 0.333. The number of benzene rings is 1. The Balaban J connectivity index is 3.46. The lowest BCUT2D eigenvalue weighted by Crippen LogP contribution is -2.10. The Hall–Kier alpha value is -1.84. The second-order valence-electron chi connectivity index (χ2n) is 3.61. The van der Waals surface area contributed by atoms with Gasteiger partial charge in [0.15, 0.2) is 12.0 Å². The Morgan fingerprint density at radius 1 is 1.44 bits per heavy atom. The van der Waals surface area contributed by atoms with E-state index >= 15 is 0 Å². The third-order valence-corrected chi connectivity index (χ3v) is 2.46. The molecule has 0 bridgehead atoms. The predicted octanol–water partition coefficient (Wildman–Crippen LogP) is 2.08. The summed E-state index contributed by atoms with van der Waals surface area (Å²) in [5.74, 6) is 0.220. The van der Waals surface area contributed by atoms with E-state index in [9.17, 15) is 9.59 Å². The number of methoxy groups -OCH3 is 1. The van der Waals surface area contributed by atoms with Crippen molar-refractivity contribution >= 4 is 17.9 Å². The van der Waals surface area contributed by atoms with Crippen LogP contribution in [0.15, 0.2) is 6.07 Å². The first kappa shape index (κ1) is 12.2. The predicted molar refractivity (Wildman–Crippen MR) is 62.2 cm³/mol. The van der Waals surface area contributed by atoms with Crippen LogP contribution >= 0.6 is 0 Å². The normalized spacial score (nSPS) is 9.75. The highest BCUT2D eigenvalue weighted by Gasteiger charge is 2.14. The number of anilines is 1. The molecule has 0 spiro atoms. The lowest BCUT2D eigenvalue weighted by Gasteiger charge is -2.15. The number of amides is 1. The van der Waals surface area contributed by atoms with E-state index in [1.165, 1.54) is 14.0 Å². The molecule has 1 aromatic carbocycles. The van der Waals surface area contributed by atoms with E-state index in [4.69, 9.17) is 4.74 Å². The number of rotatable bonds is 3. The Labute approximate surface area is 94.6 Å². The summed E-state index contributed by atoms with van der Waals surface area (Å²) in [6, 6.07) is 1.74. The summed E-state index contributed by atoms with van der Waals surface area (Å²) in [5, 5.41) is 2.69. The van der Waals surface area contributed by atoms with Crippen LogP contribution in [0.2, 0.25) is 0 Å². The highest BCUT2D eigenvalue weighted by Crippen LogP contribution is 2.33. The van der Waals surface area contributed by atoms with Crippen molar-refractivity contribution in [3.05, 3.63) is 22.8 Å². The Morgan fingerprint density at radius 2 is 2.06 bits per heavy atom. The van der Waals surface area contributed by atoms with Crippen molar-refractivity contribution in [1.82, 2.24) is 0 Å². The molecule has 16 heavy (non-hydrogen) atoms. The fourth-order valence-electron chi connectivity index (χ4n) is 1.55. The molecule has 0 aliphatic carbocycles. The Kier molecular flexibility index (Phi) is 3.66. The van der Waals surface area contributed by atoms with Crippen LogP contribution in [0.3, 0.4) is 0 Å². The first-order chi connectivity index (χ1) is 7.51. The molecule has 1 rings (SSSR count). The zero-order valence-electron chi connectivity index (χ0n) is 9.88. The number of aryl methyl sites for hydroxylation is 1. The smallest absolute Gasteiger partial charge is 0.221 e. The zero-order valence-corrected chi connectivity index (χ0v) is 9.88. The number of hydrogen-bond donors (Lipinski definition) is 1. The lowest BCUT2D eigenvalue weighted by atomic mass is 10.0. The maximum Gasteiger partial charge on any atom is 0.221 e. The molecular formula is C12H15NO3. The van der Waals surface area contributed by atoms with Crippen molar-refractivity contribution in [3.63, 3.8) is 0 Å². The van der Waals surface area contributed by atoms with E-state index in [0.717, 1.165) is 17.4 Å². The summed E-state index contributed by atoms with van der Waals surface area (Å²) in [6.07, 6.45) is 0.719. The van der Waals surface area contributed by atoms with Crippen molar-refractivity contribution < 1.29 is 14.3 Å². The zero-order chi connectivity index (χ0) is 12.3. The van der Waals surface area contributed by atoms with Gasteiger partial charge in [0.25, 0.3) is 0 Å². The van der Waals surface area contributed by atoms with Gasteiger partial charge in [-0.25, -0.2) is 0 Å². The number of carbonyl (C=O) groups excluding carboxylic acids is 2. The Bertz CT molecular complexity index is 438. The van der Waals surface area contributed by atoms with Gasteiger partial charge in [0.1, 0.15) is 0 Å². The van der Waals surface area contributed by atoms with Crippen molar-refractivity contribution in [2.75, 3.05) is 12.4 Å². The minimum Gasteiger partial charge on any atom is -0.494 e. The molecular weight excluding hydrogens is 206 g/mol. The van der Waals surface area contributed by atoms with E-state index in [-0.39, 0.29) is 5.91 Å². The molecule has 4 nitrogen and oxygen atoms in total. The molecule has 86 valence electrons. The first-order valence-corrected chi connectivity index (χ1v) is 4.92. The van der Waals surface area contributed by atoms with E-state index in [1.54, 1.807) is 6.07 Å². The highest BCUT2D eigenvalue weighted by molar-refractivity contribution is 5.95. The number of nitrogens with one attached hydrogen (secondary N) is 1. The van der Waals surface area contributed by atoms with Crippen LogP contribution in [0.25, 0.3) is 0 Å². The maximum atomic E-state index is 11.1. The van der Waals surface area contributed by atoms with E-state index < -0.39 is 0 Å². The second-order valence-corrected chi connectivity index (χ2v) is 3.61. The third kappa shape index (κ3) is 2.21. The fourth-order valence-corrected chi connectivity index (χ4v) is 1.55. The van der Waals surface area contributed by atoms with Gasteiger partial charge in [0.05, 0.1) is 18.4 Å². The van der Waals surface area contributed by atoms with Gasteiger partial charge < -0.3 is 10.1 Å². The molecule has 0 aromatic heterocycles. The molecule has 1 amide bonds. The van der Waals surface area contributed by atoms with Gasteiger partial charge in [-0.1, -0.05) is 0 Å². The highest BCUT2D eigenvalue weighted by atomic mass is 16.5.